The Bertz CT molecular complexity index is 359. The first-order valence-corrected chi connectivity index (χ1v) is 3.04. The van der Waals surface area contributed by atoms with Gasteiger partial charge in [-0.15, -0.1) is 0 Å². The first-order chi connectivity index (χ1) is 5.74. The molecule has 1 rings (SSSR count). The van der Waals surface area contributed by atoms with Gasteiger partial charge in [-0.25, -0.2) is 0 Å². The van der Waals surface area contributed by atoms with Gasteiger partial charge in [-0.05, 0) is 12.1 Å². The third-order valence-corrected chi connectivity index (χ3v) is 1.11. The van der Waals surface area contributed by atoms with E-state index in [4.69, 9.17) is 9.68 Å². The van der Waals surface area contributed by atoms with Gasteiger partial charge in [-0.3, -0.25) is 10.1 Å². The van der Waals surface area contributed by atoms with Crippen LogP contribution in [0.2, 0.25) is 0 Å². The quantitative estimate of drug-likeness (QED) is 0.378. The van der Waals surface area contributed by atoms with Crippen LogP contribution in [0.3, 0.4) is 0 Å². The van der Waals surface area contributed by atoms with Gasteiger partial charge in [0.25, 0.3) is 0 Å². The Labute approximate surface area is 67.7 Å². The molecule has 0 N–H and O–H groups in total. The summed E-state index contributed by atoms with van der Waals surface area (Å²) in [7, 11) is 0. The summed E-state index contributed by atoms with van der Waals surface area (Å²) in [5, 5.41) is 18.2. The van der Waals surface area contributed by atoms with Crippen molar-refractivity contribution in [2.24, 2.45) is 0 Å². The SMILES string of the molecule is N#CC=Cc1ccc([N+](=O)[O-])o1. The summed E-state index contributed by atoms with van der Waals surface area (Å²) in [6.45, 7) is 0. The average Bonchev–Trinajstić information content (AvgIpc) is 2.48. The molecule has 0 aliphatic heterocycles. The maximum Gasteiger partial charge on any atom is 0.433 e. The molecule has 0 amide bonds. The first-order valence-electron chi connectivity index (χ1n) is 3.04. The van der Waals surface area contributed by atoms with Crippen molar-refractivity contribution >= 4 is 12.0 Å². The fourth-order valence-electron chi connectivity index (χ4n) is 0.649. The van der Waals surface area contributed by atoms with Gasteiger partial charge in [0, 0.05) is 6.08 Å². The molecule has 0 aliphatic rings. The second kappa shape index (κ2) is 3.34. The Morgan fingerprint density at radius 3 is 2.92 bits per heavy atom. The van der Waals surface area contributed by atoms with E-state index in [1.54, 1.807) is 6.07 Å². The van der Waals surface area contributed by atoms with E-state index >= 15 is 0 Å². The van der Waals surface area contributed by atoms with Gasteiger partial charge < -0.3 is 4.42 Å². The Hall–Kier alpha value is -2.09. The molecule has 0 fully saturated rings. The molecular formula is C7H4N2O3. The fraction of sp³-hybridized carbons (Fsp3) is 0. The Morgan fingerprint density at radius 1 is 1.67 bits per heavy atom. The van der Waals surface area contributed by atoms with E-state index in [0.717, 1.165) is 0 Å². The lowest BCUT2D eigenvalue weighted by atomic mass is 10.4. The molecule has 0 bridgehead atoms. The highest BCUT2D eigenvalue weighted by Gasteiger charge is 2.09. The van der Waals surface area contributed by atoms with Gasteiger partial charge in [0.2, 0.25) is 0 Å². The monoisotopic (exact) mass is 164 g/mol. The summed E-state index contributed by atoms with van der Waals surface area (Å²) in [5.41, 5.74) is 0. The third kappa shape index (κ3) is 1.70. The number of nitro groups is 1. The van der Waals surface area contributed by atoms with E-state index in [9.17, 15) is 10.1 Å². The lowest BCUT2D eigenvalue weighted by Gasteiger charge is -1.81. The molecule has 0 saturated heterocycles. The van der Waals surface area contributed by atoms with Crippen LogP contribution in [-0.4, -0.2) is 4.92 Å². The van der Waals surface area contributed by atoms with Crippen LogP contribution in [0.1, 0.15) is 5.76 Å². The molecule has 0 spiro atoms. The van der Waals surface area contributed by atoms with Crippen LogP contribution >= 0.6 is 0 Å². The van der Waals surface area contributed by atoms with Crippen molar-refractivity contribution in [1.29, 1.82) is 5.26 Å². The summed E-state index contributed by atoms with van der Waals surface area (Å²) in [6.07, 6.45) is 2.54. The Kier molecular flexibility index (Phi) is 2.23. The highest BCUT2D eigenvalue weighted by Crippen LogP contribution is 2.16. The van der Waals surface area contributed by atoms with Crippen LogP contribution in [0.25, 0.3) is 6.08 Å². The molecule has 5 heteroatoms. The molecular weight excluding hydrogens is 160 g/mol. The normalized spacial score (nSPS) is 9.92. The van der Waals surface area contributed by atoms with Gasteiger partial charge >= 0.3 is 5.88 Å². The van der Waals surface area contributed by atoms with Crippen molar-refractivity contribution in [3.8, 4) is 6.07 Å². The van der Waals surface area contributed by atoms with Gasteiger partial charge in [0.05, 0.1) is 12.1 Å². The van der Waals surface area contributed by atoms with Crippen molar-refractivity contribution in [3.05, 3.63) is 34.1 Å². The fourth-order valence-corrected chi connectivity index (χ4v) is 0.649. The number of hydrogen-bond acceptors (Lipinski definition) is 4. The molecule has 0 aliphatic carbocycles. The van der Waals surface area contributed by atoms with Gasteiger partial charge in [-0.1, -0.05) is 0 Å². The summed E-state index contributed by atoms with van der Waals surface area (Å²) >= 11 is 0. The molecule has 0 unspecified atom stereocenters. The molecule has 0 saturated carbocycles. The number of rotatable bonds is 2. The van der Waals surface area contributed by atoms with Gasteiger partial charge in [-0.2, -0.15) is 5.26 Å². The minimum atomic E-state index is -0.635. The van der Waals surface area contributed by atoms with Crippen molar-refractivity contribution in [2.45, 2.75) is 0 Å². The van der Waals surface area contributed by atoms with Gasteiger partial charge in [0.15, 0.2) is 0 Å². The van der Waals surface area contributed by atoms with Crippen molar-refractivity contribution < 1.29 is 9.34 Å². The molecule has 60 valence electrons. The van der Waals surface area contributed by atoms with Crippen molar-refractivity contribution in [1.82, 2.24) is 0 Å². The summed E-state index contributed by atoms with van der Waals surface area (Å²) in [4.78, 5) is 9.48. The van der Waals surface area contributed by atoms with Crippen LogP contribution in [0.5, 0.6) is 0 Å². The highest BCUT2D eigenvalue weighted by molar-refractivity contribution is 5.47. The predicted octanol–water partition coefficient (Wildman–Crippen LogP) is 1.72. The van der Waals surface area contributed by atoms with E-state index in [-0.39, 0.29) is 5.88 Å². The maximum absolute atomic E-state index is 10.1. The second-order valence-corrected chi connectivity index (χ2v) is 1.90. The van der Waals surface area contributed by atoms with Crippen LogP contribution < -0.4 is 0 Å². The van der Waals surface area contributed by atoms with Crippen molar-refractivity contribution in [2.75, 3.05) is 0 Å². The molecule has 1 aromatic heterocycles. The second-order valence-electron chi connectivity index (χ2n) is 1.90. The zero-order valence-electron chi connectivity index (χ0n) is 5.93. The molecule has 1 aromatic rings. The molecule has 5 nitrogen and oxygen atoms in total. The summed E-state index contributed by atoms with van der Waals surface area (Å²) in [5.74, 6) is -0.0316. The number of hydrogen-bond donors (Lipinski definition) is 0. The van der Waals surface area contributed by atoms with E-state index in [1.807, 2.05) is 0 Å². The van der Waals surface area contributed by atoms with Crippen LogP contribution in [0, 0.1) is 21.4 Å². The van der Waals surface area contributed by atoms with Crippen LogP contribution in [0.15, 0.2) is 22.6 Å². The van der Waals surface area contributed by atoms with E-state index in [1.165, 1.54) is 24.3 Å². The predicted molar refractivity (Wildman–Crippen MR) is 40.0 cm³/mol. The third-order valence-electron chi connectivity index (χ3n) is 1.11. The standard InChI is InChI=1S/C7H4N2O3/c8-5-1-2-6-3-4-7(12-6)9(10)11/h1-4H. The number of allylic oxidation sites excluding steroid dienone is 1. The van der Waals surface area contributed by atoms with Crippen molar-refractivity contribution in [3.63, 3.8) is 0 Å². The Morgan fingerprint density at radius 2 is 2.42 bits per heavy atom. The van der Waals surface area contributed by atoms with Crippen LogP contribution in [0.4, 0.5) is 5.88 Å². The zero-order valence-corrected chi connectivity index (χ0v) is 5.93. The molecule has 0 atom stereocenters. The van der Waals surface area contributed by atoms with Crippen LogP contribution in [-0.2, 0) is 0 Å². The lowest BCUT2D eigenvalue weighted by molar-refractivity contribution is -0.402. The minimum absolute atomic E-state index is 0.295. The molecule has 1 heterocycles. The minimum Gasteiger partial charge on any atom is -0.401 e. The topological polar surface area (TPSA) is 80.1 Å². The average molecular weight is 164 g/mol. The number of nitrogens with zero attached hydrogens (tertiary/aromatic N) is 2. The van der Waals surface area contributed by atoms with E-state index in [2.05, 4.69) is 0 Å². The summed E-state index contributed by atoms with van der Waals surface area (Å²) < 4.78 is 4.71. The summed E-state index contributed by atoms with van der Waals surface area (Å²) in [6, 6.07) is 4.40. The molecule has 0 aromatic carbocycles. The smallest absolute Gasteiger partial charge is 0.401 e. The lowest BCUT2D eigenvalue weighted by Crippen LogP contribution is -1.82. The largest absolute Gasteiger partial charge is 0.433 e. The number of furan rings is 1. The molecule has 0 radical (unpaired) electrons. The first kappa shape index (κ1) is 8.01. The number of nitriles is 1. The Balaban J connectivity index is 2.86. The highest BCUT2D eigenvalue weighted by atomic mass is 16.6. The van der Waals surface area contributed by atoms with Gasteiger partial charge in [0.1, 0.15) is 10.7 Å². The van der Waals surface area contributed by atoms with E-state index in [0.29, 0.717) is 5.76 Å². The molecule has 12 heavy (non-hydrogen) atoms. The van der Waals surface area contributed by atoms with E-state index < -0.39 is 4.92 Å². The maximum atomic E-state index is 10.1. The zero-order chi connectivity index (χ0) is 8.97.